The minimum absolute atomic E-state index is 0.0171. The SMILES string of the molecule is COc1ccccc1-c1csc2nc(NS(=O)(=O)c3cc(C)ccc3OC)nn12. The van der Waals surface area contributed by atoms with Crippen LogP contribution in [0.25, 0.3) is 16.2 Å². The molecular formula is C19H18N4O4S2. The highest BCUT2D eigenvalue weighted by molar-refractivity contribution is 7.92. The lowest BCUT2D eigenvalue weighted by atomic mass is 10.1. The molecule has 0 atom stereocenters. The molecular weight excluding hydrogens is 412 g/mol. The third kappa shape index (κ3) is 3.52. The summed E-state index contributed by atoms with van der Waals surface area (Å²) in [6.07, 6.45) is 0. The molecule has 0 saturated heterocycles. The van der Waals surface area contributed by atoms with Crippen LogP contribution in [0.1, 0.15) is 5.56 Å². The van der Waals surface area contributed by atoms with E-state index in [9.17, 15) is 8.42 Å². The average Bonchev–Trinajstić information content (AvgIpc) is 3.27. The number of aromatic nitrogens is 3. The molecule has 0 aliphatic rings. The summed E-state index contributed by atoms with van der Waals surface area (Å²) in [4.78, 5) is 4.89. The van der Waals surface area contributed by atoms with E-state index in [0.717, 1.165) is 16.8 Å². The van der Waals surface area contributed by atoms with Crippen molar-refractivity contribution in [3.63, 3.8) is 0 Å². The second-order valence-corrected chi connectivity index (χ2v) is 8.70. The number of anilines is 1. The first-order valence-corrected chi connectivity index (χ1v) is 10.9. The van der Waals surface area contributed by atoms with Crippen LogP contribution in [0, 0.1) is 6.92 Å². The van der Waals surface area contributed by atoms with E-state index in [4.69, 9.17) is 9.47 Å². The topological polar surface area (TPSA) is 94.8 Å². The molecule has 0 amide bonds. The van der Waals surface area contributed by atoms with Crippen LogP contribution in [0.4, 0.5) is 5.95 Å². The van der Waals surface area contributed by atoms with Crippen molar-refractivity contribution < 1.29 is 17.9 Å². The van der Waals surface area contributed by atoms with Crippen LogP contribution < -0.4 is 14.2 Å². The van der Waals surface area contributed by atoms with Gasteiger partial charge in [-0.3, -0.25) is 0 Å². The lowest BCUT2D eigenvalue weighted by molar-refractivity contribution is 0.402. The summed E-state index contributed by atoms with van der Waals surface area (Å²) < 4.78 is 40.4. The van der Waals surface area contributed by atoms with E-state index in [1.807, 2.05) is 36.6 Å². The summed E-state index contributed by atoms with van der Waals surface area (Å²) in [6, 6.07) is 12.5. The Bertz CT molecular complexity index is 1290. The van der Waals surface area contributed by atoms with Gasteiger partial charge in [0, 0.05) is 10.9 Å². The summed E-state index contributed by atoms with van der Waals surface area (Å²) in [5.74, 6) is 0.921. The second kappa shape index (κ2) is 7.37. The van der Waals surface area contributed by atoms with Crippen LogP contribution in [-0.2, 0) is 10.0 Å². The molecule has 4 rings (SSSR count). The Hall–Kier alpha value is -3.11. The highest BCUT2D eigenvalue weighted by Gasteiger charge is 2.23. The Morgan fingerprint density at radius 1 is 1.07 bits per heavy atom. The van der Waals surface area contributed by atoms with Gasteiger partial charge in [-0.15, -0.1) is 16.4 Å². The van der Waals surface area contributed by atoms with E-state index in [2.05, 4.69) is 14.8 Å². The monoisotopic (exact) mass is 430 g/mol. The maximum absolute atomic E-state index is 12.9. The Kier molecular flexibility index (Phi) is 4.89. The number of rotatable bonds is 6. The number of para-hydroxylation sites is 1. The van der Waals surface area contributed by atoms with E-state index in [1.165, 1.54) is 18.4 Å². The normalized spacial score (nSPS) is 11.6. The van der Waals surface area contributed by atoms with Crippen LogP contribution in [-0.4, -0.2) is 37.2 Å². The highest BCUT2D eigenvalue weighted by Crippen LogP contribution is 2.33. The maximum Gasteiger partial charge on any atom is 0.267 e. The number of aryl methyl sites for hydroxylation is 1. The van der Waals surface area contributed by atoms with E-state index >= 15 is 0 Å². The van der Waals surface area contributed by atoms with E-state index < -0.39 is 10.0 Å². The van der Waals surface area contributed by atoms with Gasteiger partial charge in [-0.05, 0) is 36.8 Å². The van der Waals surface area contributed by atoms with Gasteiger partial charge in [0.25, 0.3) is 16.0 Å². The summed E-state index contributed by atoms with van der Waals surface area (Å²) in [5, 5.41) is 6.24. The van der Waals surface area contributed by atoms with Crippen molar-refractivity contribution >= 4 is 32.3 Å². The first-order valence-electron chi connectivity index (χ1n) is 8.58. The van der Waals surface area contributed by atoms with Crippen LogP contribution in [0.2, 0.25) is 0 Å². The highest BCUT2D eigenvalue weighted by atomic mass is 32.2. The number of ether oxygens (including phenoxy) is 2. The van der Waals surface area contributed by atoms with Crippen molar-refractivity contribution in [3.8, 4) is 22.8 Å². The molecule has 0 unspecified atom stereocenters. The molecule has 2 aromatic carbocycles. The first kappa shape index (κ1) is 19.2. The van der Waals surface area contributed by atoms with Gasteiger partial charge in [-0.1, -0.05) is 18.2 Å². The molecule has 0 spiro atoms. The van der Waals surface area contributed by atoms with Crippen LogP contribution in [0.5, 0.6) is 11.5 Å². The van der Waals surface area contributed by atoms with Gasteiger partial charge in [0.05, 0.1) is 19.9 Å². The Morgan fingerprint density at radius 2 is 1.83 bits per heavy atom. The zero-order chi connectivity index (χ0) is 20.6. The first-order chi connectivity index (χ1) is 13.9. The number of hydrogen-bond donors (Lipinski definition) is 1. The minimum atomic E-state index is -3.93. The van der Waals surface area contributed by atoms with Crippen LogP contribution >= 0.6 is 11.3 Å². The molecule has 0 aliphatic heterocycles. The van der Waals surface area contributed by atoms with Gasteiger partial charge in [0.15, 0.2) is 0 Å². The summed E-state index contributed by atoms with van der Waals surface area (Å²) in [5.41, 5.74) is 2.39. The quantitative estimate of drug-likeness (QED) is 0.502. The van der Waals surface area contributed by atoms with E-state index in [0.29, 0.717) is 10.7 Å². The van der Waals surface area contributed by atoms with E-state index in [-0.39, 0.29) is 16.6 Å². The van der Waals surface area contributed by atoms with Crippen molar-refractivity contribution in [2.45, 2.75) is 11.8 Å². The molecule has 10 heteroatoms. The fourth-order valence-electron chi connectivity index (χ4n) is 2.94. The largest absolute Gasteiger partial charge is 0.496 e. The molecule has 4 aromatic rings. The molecule has 0 radical (unpaired) electrons. The third-order valence-corrected chi connectivity index (χ3v) is 6.46. The van der Waals surface area contributed by atoms with Crippen molar-refractivity contribution in [2.75, 3.05) is 18.9 Å². The predicted molar refractivity (Wildman–Crippen MR) is 111 cm³/mol. The summed E-state index contributed by atoms with van der Waals surface area (Å²) in [6.45, 7) is 1.81. The van der Waals surface area contributed by atoms with Crippen LogP contribution in [0.15, 0.2) is 52.7 Å². The molecule has 0 fully saturated rings. The molecule has 0 bridgehead atoms. The average molecular weight is 431 g/mol. The molecule has 1 N–H and O–H groups in total. The Balaban J connectivity index is 1.73. The molecule has 8 nitrogen and oxygen atoms in total. The van der Waals surface area contributed by atoms with Gasteiger partial charge in [0.1, 0.15) is 16.4 Å². The van der Waals surface area contributed by atoms with Crippen molar-refractivity contribution in [3.05, 3.63) is 53.4 Å². The summed E-state index contributed by atoms with van der Waals surface area (Å²) >= 11 is 1.35. The summed E-state index contributed by atoms with van der Waals surface area (Å²) in [7, 11) is -0.907. The molecule has 0 saturated carbocycles. The Labute approximate surface area is 171 Å². The number of hydrogen-bond acceptors (Lipinski definition) is 7. The lowest BCUT2D eigenvalue weighted by Crippen LogP contribution is -2.15. The fraction of sp³-hybridized carbons (Fsp3) is 0.158. The van der Waals surface area contributed by atoms with Gasteiger partial charge >= 0.3 is 0 Å². The van der Waals surface area contributed by atoms with Crippen molar-refractivity contribution in [1.82, 2.24) is 14.6 Å². The van der Waals surface area contributed by atoms with Crippen LogP contribution in [0.3, 0.4) is 0 Å². The number of thiazole rings is 1. The fourth-order valence-corrected chi connectivity index (χ4v) is 4.95. The number of sulfonamides is 1. The number of benzene rings is 2. The zero-order valence-electron chi connectivity index (χ0n) is 15.9. The minimum Gasteiger partial charge on any atom is -0.496 e. The smallest absolute Gasteiger partial charge is 0.267 e. The van der Waals surface area contributed by atoms with Crippen molar-refractivity contribution in [2.24, 2.45) is 0 Å². The van der Waals surface area contributed by atoms with Gasteiger partial charge < -0.3 is 9.47 Å². The molecule has 29 heavy (non-hydrogen) atoms. The molecule has 2 heterocycles. The number of fused-ring (bicyclic) bond motifs is 1. The van der Waals surface area contributed by atoms with Gasteiger partial charge in [-0.2, -0.15) is 4.98 Å². The number of methoxy groups -OCH3 is 2. The lowest BCUT2D eigenvalue weighted by Gasteiger charge is -2.10. The predicted octanol–water partition coefficient (Wildman–Crippen LogP) is 3.58. The maximum atomic E-state index is 12.9. The number of nitrogens with zero attached hydrogens (tertiary/aromatic N) is 3. The van der Waals surface area contributed by atoms with Gasteiger partial charge in [-0.25, -0.2) is 17.7 Å². The third-order valence-electron chi connectivity index (χ3n) is 4.30. The van der Waals surface area contributed by atoms with Gasteiger partial charge in [0.2, 0.25) is 4.96 Å². The molecule has 150 valence electrons. The van der Waals surface area contributed by atoms with E-state index in [1.54, 1.807) is 29.8 Å². The Morgan fingerprint density at radius 3 is 2.59 bits per heavy atom. The molecule has 0 aliphatic carbocycles. The zero-order valence-corrected chi connectivity index (χ0v) is 17.5. The molecule has 2 aromatic heterocycles. The number of nitrogens with one attached hydrogen (secondary N) is 1. The standard InChI is InChI=1S/C19H18N4O4S2/c1-12-8-9-16(27-3)17(10-12)29(24,25)22-18-20-19-23(21-18)14(11-28-19)13-6-4-5-7-15(13)26-2/h4-11H,1-3H3,(H,21,22). The second-order valence-electron chi connectivity index (χ2n) is 6.21. The van der Waals surface area contributed by atoms with Crippen molar-refractivity contribution in [1.29, 1.82) is 0 Å².